The molecular weight excluding hydrogens is 366 g/mol. The molecule has 1 aliphatic rings. The lowest BCUT2D eigenvalue weighted by Crippen LogP contribution is -2.42. The minimum absolute atomic E-state index is 0.00957. The Kier molecular flexibility index (Phi) is 5.65. The maximum absolute atomic E-state index is 13.2. The number of carbonyl (C=O) groups excluding carboxylic acids is 2. The van der Waals surface area contributed by atoms with Gasteiger partial charge in [-0.3, -0.25) is 14.6 Å². The van der Waals surface area contributed by atoms with Gasteiger partial charge in [0.1, 0.15) is 12.4 Å². The summed E-state index contributed by atoms with van der Waals surface area (Å²) in [5.41, 5.74) is 1.97. The molecule has 0 unspecified atom stereocenters. The van der Waals surface area contributed by atoms with E-state index in [1.165, 1.54) is 0 Å². The predicted octanol–water partition coefficient (Wildman–Crippen LogP) is 2.25. The molecule has 148 valence electrons. The number of pyridine rings is 1. The molecule has 0 aliphatic carbocycles. The van der Waals surface area contributed by atoms with E-state index in [9.17, 15) is 9.59 Å². The summed E-state index contributed by atoms with van der Waals surface area (Å²) in [6, 6.07) is 13.6. The van der Waals surface area contributed by atoms with Gasteiger partial charge in [0, 0.05) is 55.9 Å². The number of benzene rings is 1. The molecule has 2 aromatic heterocycles. The van der Waals surface area contributed by atoms with Crippen LogP contribution in [0, 0.1) is 0 Å². The summed E-state index contributed by atoms with van der Waals surface area (Å²) >= 11 is 0. The van der Waals surface area contributed by atoms with E-state index < -0.39 is 0 Å². The zero-order valence-electron chi connectivity index (χ0n) is 16.1. The summed E-state index contributed by atoms with van der Waals surface area (Å²) in [4.78, 5) is 35.1. The molecule has 29 heavy (non-hydrogen) atoms. The van der Waals surface area contributed by atoms with Crippen molar-refractivity contribution in [1.82, 2.24) is 24.8 Å². The lowest BCUT2D eigenvalue weighted by Gasteiger charge is -2.26. The Balaban J connectivity index is 1.52. The third-order valence-corrected chi connectivity index (χ3v) is 5.05. The van der Waals surface area contributed by atoms with Gasteiger partial charge in [-0.15, -0.1) is 0 Å². The van der Waals surface area contributed by atoms with E-state index in [2.05, 4.69) is 15.3 Å². The monoisotopic (exact) mass is 389 g/mol. The van der Waals surface area contributed by atoms with E-state index in [0.29, 0.717) is 19.5 Å². The number of carbonyl (C=O) groups is 2. The van der Waals surface area contributed by atoms with Gasteiger partial charge in [-0.05, 0) is 24.1 Å². The van der Waals surface area contributed by atoms with Crippen molar-refractivity contribution < 1.29 is 9.59 Å². The fourth-order valence-corrected chi connectivity index (χ4v) is 3.57. The highest BCUT2D eigenvalue weighted by atomic mass is 16.2. The second-order valence-corrected chi connectivity index (χ2v) is 7.18. The van der Waals surface area contributed by atoms with Gasteiger partial charge in [-0.2, -0.15) is 0 Å². The van der Waals surface area contributed by atoms with Gasteiger partial charge in [0.25, 0.3) is 0 Å². The molecular formula is C22H23N5O2. The molecule has 7 nitrogen and oxygen atoms in total. The van der Waals surface area contributed by atoms with Crippen molar-refractivity contribution in [3.8, 4) is 11.4 Å². The molecule has 3 heterocycles. The molecule has 3 aromatic rings. The number of hydrogen-bond donors (Lipinski definition) is 1. The third-order valence-electron chi connectivity index (χ3n) is 5.05. The van der Waals surface area contributed by atoms with Gasteiger partial charge in [0.15, 0.2) is 0 Å². The van der Waals surface area contributed by atoms with E-state index in [1.807, 2.05) is 53.2 Å². The molecule has 0 radical (unpaired) electrons. The first-order chi connectivity index (χ1) is 14.2. The van der Waals surface area contributed by atoms with Crippen LogP contribution >= 0.6 is 0 Å². The summed E-state index contributed by atoms with van der Waals surface area (Å²) < 4.78 is 1.87. The molecule has 4 rings (SSSR count). The number of aromatic nitrogens is 3. The minimum Gasteiger partial charge on any atom is -0.352 e. The van der Waals surface area contributed by atoms with Gasteiger partial charge < -0.3 is 14.8 Å². The Hall–Kier alpha value is -3.48. The van der Waals surface area contributed by atoms with E-state index in [-0.39, 0.29) is 24.4 Å². The average molecular weight is 389 g/mol. The normalized spacial score (nSPS) is 15.9. The minimum atomic E-state index is -0.0156. The number of hydrogen-bond acceptors (Lipinski definition) is 4. The largest absolute Gasteiger partial charge is 0.352 e. The predicted molar refractivity (Wildman–Crippen MR) is 108 cm³/mol. The first-order valence-electron chi connectivity index (χ1n) is 9.71. The molecule has 7 heteroatoms. The Morgan fingerprint density at radius 2 is 1.93 bits per heavy atom. The lowest BCUT2D eigenvalue weighted by atomic mass is 10.2. The lowest BCUT2D eigenvalue weighted by molar-refractivity contribution is -0.133. The quantitative estimate of drug-likeness (QED) is 0.672. The van der Waals surface area contributed by atoms with Crippen molar-refractivity contribution >= 4 is 11.8 Å². The van der Waals surface area contributed by atoms with Crippen LogP contribution in [0.5, 0.6) is 0 Å². The summed E-state index contributed by atoms with van der Waals surface area (Å²) in [5.74, 6) is 0.794. The molecule has 1 saturated heterocycles. The van der Waals surface area contributed by atoms with Crippen LogP contribution in [-0.4, -0.2) is 43.8 Å². The molecule has 0 saturated carbocycles. The fraction of sp³-hybridized carbons (Fsp3) is 0.273. The Morgan fingerprint density at radius 1 is 1.14 bits per heavy atom. The van der Waals surface area contributed by atoms with Crippen LogP contribution in [0.1, 0.15) is 18.4 Å². The first kappa shape index (κ1) is 18.9. The van der Waals surface area contributed by atoms with E-state index in [4.69, 9.17) is 0 Å². The van der Waals surface area contributed by atoms with Crippen molar-refractivity contribution in [3.63, 3.8) is 0 Å². The topological polar surface area (TPSA) is 80.1 Å². The Labute approximate surface area is 169 Å². The second kappa shape index (κ2) is 8.68. The molecule has 1 aromatic carbocycles. The van der Waals surface area contributed by atoms with Gasteiger partial charge >= 0.3 is 0 Å². The summed E-state index contributed by atoms with van der Waals surface area (Å²) in [7, 11) is 0. The Bertz CT molecular complexity index is 971. The van der Waals surface area contributed by atoms with Crippen LogP contribution in [0.15, 0.2) is 67.3 Å². The van der Waals surface area contributed by atoms with Crippen molar-refractivity contribution in [1.29, 1.82) is 0 Å². The molecule has 2 amide bonds. The van der Waals surface area contributed by atoms with E-state index >= 15 is 0 Å². The van der Waals surface area contributed by atoms with Crippen LogP contribution in [-0.2, 0) is 22.7 Å². The van der Waals surface area contributed by atoms with Gasteiger partial charge in [-0.25, -0.2) is 4.98 Å². The second-order valence-electron chi connectivity index (χ2n) is 7.18. The maximum atomic E-state index is 13.2. The molecule has 1 fully saturated rings. The van der Waals surface area contributed by atoms with Crippen molar-refractivity contribution in [2.45, 2.75) is 32.0 Å². The standard InChI is InChI=1S/C22H23N5O2/c28-20-7-6-19(25-20)15-27(14-17-8-10-23-11-9-17)21(29)16-26-13-12-24-22(26)18-4-2-1-3-5-18/h1-5,8-13,19H,6-7,14-16H2,(H,25,28)/t19-/m0/s1. The van der Waals surface area contributed by atoms with Crippen LogP contribution < -0.4 is 5.32 Å². The number of nitrogens with zero attached hydrogens (tertiary/aromatic N) is 4. The van der Waals surface area contributed by atoms with Crippen LogP contribution in [0.2, 0.25) is 0 Å². The molecule has 0 spiro atoms. The van der Waals surface area contributed by atoms with Gasteiger partial charge in [0.05, 0.1) is 0 Å². The van der Waals surface area contributed by atoms with Gasteiger partial charge in [0.2, 0.25) is 11.8 Å². The highest BCUT2D eigenvalue weighted by Gasteiger charge is 2.26. The third kappa shape index (κ3) is 4.68. The van der Waals surface area contributed by atoms with Crippen LogP contribution in [0.4, 0.5) is 0 Å². The summed E-state index contributed by atoms with van der Waals surface area (Å²) in [6.45, 7) is 1.15. The zero-order chi connectivity index (χ0) is 20.1. The number of nitrogens with one attached hydrogen (secondary N) is 1. The Morgan fingerprint density at radius 3 is 2.66 bits per heavy atom. The number of rotatable bonds is 7. The molecule has 0 bridgehead atoms. The molecule has 1 aliphatic heterocycles. The van der Waals surface area contributed by atoms with E-state index in [0.717, 1.165) is 23.4 Å². The average Bonchev–Trinajstić information content (AvgIpc) is 3.37. The highest BCUT2D eigenvalue weighted by Crippen LogP contribution is 2.18. The summed E-state index contributed by atoms with van der Waals surface area (Å²) in [5, 5.41) is 2.96. The molecule has 1 N–H and O–H groups in total. The number of amides is 2. The van der Waals surface area contributed by atoms with Crippen molar-refractivity contribution in [2.75, 3.05) is 6.54 Å². The summed E-state index contributed by atoms with van der Waals surface area (Å²) in [6.07, 6.45) is 8.24. The SMILES string of the molecule is O=C1CC[C@@H](CN(Cc2ccncc2)C(=O)Cn2ccnc2-c2ccccc2)N1. The van der Waals surface area contributed by atoms with Crippen LogP contribution in [0.25, 0.3) is 11.4 Å². The maximum Gasteiger partial charge on any atom is 0.242 e. The van der Waals surface area contributed by atoms with E-state index in [1.54, 1.807) is 23.5 Å². The van der Waals surface area contributed by atoms with Crippen LogP contribution in [0.3, 0.4) is 0 Å². The zero-order valence-corrected chi connectivity index (χ0v) is 16.1. The highest BCUT2D eigenvalue weighted by molar-refractivity contribution is 5.79. The fourth-order valence-electron chi connectivity index (χ4n) is 3.57. The van der Waals surface area contributed by atoms with Crippen molar-refractivity contribution in [2.24, 2.45) is 0 Å². The van der Waals surface area contributed by atoms with Gasteiger partial charge in [-0.1, -0.05) is 30.3 Å². The van der Waals surface area contributed by atoms with Crippen molar-refractivity contribution in [3.05, 3.63) is 72.8 Å². The number of imidazole rings is 1. The first-order valence-corrected chi connectivity index (χ1v) is 9.71. The smallest absolute Gasteiger partial charge is 0.242 e. The molecule has 1 atom stereocenters.